The number of amides is 1. The fraction of sp³-hybridized carbons (Fsp3) is 0.632. The summed E-state index contributed by atoms with van der Waals surface area (Å²) < 4.78 is 16.0. The number of ether oxygens (including phenoxy) is 3. The molecule has 7 heteroatoms. The molecule has 1 aliphatic heterocycles. The lowest BCUT2D eigenvalue weighted by Crippen LogP contribution is -2.54. The van der Waals surface area contributed by atoms with Crippen LogP contribution in [0, 0.1) is 5.41 Å². The lowest BCUT2D eigenvalue weighted by atomic mass is 9.80. The van der Waals surface area contributed by atoms with Gasteiger partial charge in [-0.2, -0.15) is 0 Å². The Morgan fingerprint density at radius 3 is 2.38 bits per heavy atom. The van der Waals surface area contributed by atoms with Crippen molar-refractivity contribution >= 4 is 5.91 Å². The molecule has 1 aromatic rings. The summed E-state index contributed by atoms with van der Waals surface area (Å²) in [5.74, 6) is 1.82. The molecular weight excluding hydrogens is 334 g/mol. The van der Waals surface area contributed by atoms with Crippen molar-refractivity contribution in [2.24, 2.45) is 11.1 Å². The second kappa shape index (κ2) is 8.60. The zero-order valence-electron chi connectivity index (χ0n) is 16.4. The van der Waals surface area contributed by atoms with Crippen LogP contribution in [0.4, 0.5) is 0 Å². The summed E-state index contributed by atoms with van der Waals surface area (Å²) in [5, 5.41) is 2.96. The van der Waals surface area contributed by atoms with Crippen molar-refractivity contribution in [2.45, 2.75) is 32.9 Å². The first-order valence-corrected chi connectivity index (χ1v) is 8.84. The van der Waals surface area contributed by atoms with Gasteiger partial charge in [-0.25, -0.2) is 0 Å². The molecule has 0 radical (unpaired) electrons. The van der Waals surface area contributed by atoms with Crippen LogP contribution in [-0.4, -0.2) is 57.8 Å². The molecule has 1 unspecified atom stereocenters. The van der Waals surface area contributed by atoms with Crippen LogP contribution < -0.4 is 25.3 Å². The minimum Gasteiger partial charge on any atom is -0.496 e. The maximum Gasteiger partial charge on any atom is 0.234 e. The largest absolute Gasteiger partial charge is 0.496 e. The molecule has 0 saturated carbocycles. The SMILES string of the molecule is COc1cc(OC)c(OC)cc1CNC(=O)CN1CCC(N)C(C)(C)C1. The predicted octanol–water partition coefficient (Wildman–Crippen LogP) is 1.39. The summed E-state index contributed by atoms with van der Waals surface area (Å²) in [5.41, 5.74) is 7.01. The second-order valence-electron chi connectivity index (χ2n) is 7.39. The predicted molar refractivity (Wildman–Crippen MR) is 101 cm³/mol. The van der Waals surface area contributed by atoms with Crippen LogP contribution in [0.3, 0.4) is 0 Å². The molecule has 0 aromatic heterocycles. The lowest BCUT2D eigenvalue weighted by Gasteiger charge is -2.42. The molecule has 0 spiro atoms. The highest BCUT2D eigenvalue weighted by Gasteiger charge is 2.33. The smallest absolute Gasteiger partial charge is 0.234 e. The maximum absolute atomic E-state index is 12.4. The van der Waals surface area contributed by atoms with Gasteiger partial charge in [-0.15, -0.1) is 0 Å². The van der Waals surface area contributed by atoms with Crippen LogP contribution in [0.1, 0.15) is 25.8 Å². The average molecular weight is 365 g/mol. The number of hydrogen-bond acceptors (Lipinski definition) is 6. The van der Waals surface area contributed by atoms with Crippen LogP contribution in [-0.2, 0) is 11.3 Å². The first-order chi connectivity index (χ1) is 12.3. The topological polar surface area (TPSA) is 86.0 Å². The Labute approximate surface area is 155 Å². The number of rotatable bonds is 7. The van der Waals surface area contributed by atoms with Gasteiger partial charge in [0.15, 0.2) is 11.5 Å². The van der Waals surface area contributed by atoms with E-state index in [1.165, 1.54) is 0 Å². The highest BCUT2D eigenvalue weighted by Crippen LogP contribution is 2.34. The molecule has 3 N–H and O–H groups in total. The van der Waals surface area contributed by atoms with Gasteiger partial charge in [0, 0.05) is 37.3 Å². The highest BCUT2D eigenvalue weighted by molar-refractivity contribution is 5.78. The van der Waals surface area contributed by atoms with Gasteiger partial charge in [0.2, 0.25) is 5.91 Å². The zero-order valence-corrected chi connectivity index (χ0v) is 16.4. The van der Waals surface area contributed by atoms with E-state index in [1.807, 2.05) is 6.07 Å². The van der Waals surface area contributed by atoms with E-state index < -0.39 is 0 Å². The molecule has 1 atom stereocenters. The first kappa shape index (κ1) is 20.3. The molecule has 146 valence electrons. The Morgan fingerprint density at radius 2 is 1.81 bits per heavy atom. The summed E-state index contributed by atoms with van der Waals surface area (Å²) in [6.07, 6.45) is 0.907. The van der Waals surface area contributed by atoms with Crippen LogP contribution in [0.25, 0.3) is 0 Å². The normalized spacial score (nSPS) is 19.7. The van der Waals surface area contributed by atoms with E-state index in [2.05, 4.69) is 24.1 Å². The zero-order chi connectivity index (χ0) is 19.3. The van der Waals surface area contributed by atoms with Gasteiger partial charge in [0.25, 0.3) is 0 Å². The number of nitrogens with one attached hydrogen (secondary N) is 1. The molecule has 1 fully saturated rings. The summed E-state index contributed by atoms with van der Waals surface area (Å²) in [6, 6.07) is 3.76. The fourth-order valence-electron chi connectivity index (χ4n) is 3.30. The highest BCUT2D eigenvalue weighted by atomic mass is 16.5. The number of nitrogens with two attached hydrogens (primary N) is 1. The van der Waals surface area contributed by atoms with Crippen molar-refractivity contribution in [2.75, 3.05) is 41.0 Å². The number of nitrogens with zero attached hydrogens (tertiary/aromatic N) is 1. The standard InChI is InChI=1S/C19H31N3O4/c1-19(2)12-22(7-6-17(19)20)11-18(23)21-10-13-8-15(25-4)16(26-5)9-14(13)24-3/h8-9,17H,6-7,10-12,20H2,1-5H3,(H,21,23). The number of hydrogen-bond donors (Lipinski definition) is 2. The molecule has 7 nitrogen and oxygen atoms in total. The summed E-state index contributed by atoms with van der Waals surface area (Å²) >= 11 is 0. The van der Waals surface area contributed by atoms with E-state index in [1.54, 1.807) is 27.4 Å². The van der Waals surface area contributed by atoms with Gasteiger partial charge in [-0.3, -0.25) is 9.69 Å². The minimum atomic E-state index is -0.0203. The van der Waals surface area contributed by atoms with E-state index >= 15 is 0 Å². The molecule has 1 aromatic carbocycles. The Hall–Kier alpha value is -1.99. The summed E-state index contributed by atoms with van der Waals surface area (Å²) in [4.78, 5) is 14.5. The molecule has 1 aliphatic rings. The van der Waals surface area contributed by atoms with Crippen molar-refractivity contribution in [3.63, 3.8) is 0 Å². The van der Waals surface area contributed by atoms with Crippen molar-refractivity contribution in [1.29, 1.82) is 0 Å². The summed E-state index contributed by atoms with van der Waals surface area (Å²) in [7, 11) is 4.74. The van der Waals surface area contributed by atoms with Crippen LogP contribution in [0.5, 0.6) is 17.2 Å². The minimum absolute atomic E-state index is 0.0189. The van der Waals surface area contributed by atoms with E-state index in [9.17, 15) is 4.79 Å². The number of benzene rings is 1. The monoisotopic (exact) mass is 365 g/mol. The van der Waals surface area contributed by atoms with Gasteiger partial charge in [0.1, 0.15) is 5.75 Å². The van der Waals surface area contributed by atoms with Crippen molar-refractivity contribution in [1.82, 2.24) is 10.2 Å². The molecule has 1 heterocycles. The van der Waals surface area contributed by atoms with E-state index in [-0.39, 0.29) is 17.4 Å². The Kier molecular flexibility index (Phi) is 6.72. The number of likely N-dealkylation sites (tertiary alicyclic amines) is 1. The van der Waals surface area contributed by atoms with Crippen molar-refractivity contribution in [3.8, 4) is 17.2 Å². The number of carbonyl (C=O) groups excluding carboxylic acids is 1. The number of carbonyl (C=O) groups is 1. The Balaban J connectivity index is 1.97. The number of piperidine rings is 1. The fourth-order valence-corrected chi connectivity index (χ4v) is 3.30. The molecular formula is C19H31N3O4. The molecule has 0 aliphatic carbocycles. The third-order valence-electron chi connectivity index (χ3n) is 5.02. The average Bonchev–Trinajstić information content (AvgIpc) is 2.61. The van der Waals surface area contributed by atoms with Crippen LogP contribution in [0.15, 0.2) is 12.1 Å². The Bertz CT molecular complexity index is 633. The van der Waals surface area contributed by atoms with Crippen LogP contribution in [0.2, 0.25) is 0 Å². The van der Waals surface area contributed by atoms with Gasteiger partial charge in [-0.05, 0) is 17.9 Å². The van der Waals surface area contributed by atoms with E-state index in [0.717, 1.165) is 25.1 Å². The van der Waals surface area contributed by atoms with E-state index in [4.69, 9.17) is 19.9 Å². The van der Waals surface area contributed by atoms with Gasteiger partial charge >= 0.3 is 0 Å². The molecule has 1 amide bonds. The van der Waals surface area contributed by atoms with E-state index in [0.29, 0.717) is 30.3 Å². The summed E-state index contributed by atoms with van der Waals surface area (Å²) in [6.45, 7) is 6.69. The Morgan fingerprint density at radius 1 is 1.19 bits per heavy atom. The van der Waals surface area contributed by atoms with Gasteiger partial charge in [-0.1, -0.05) is 13.8 Å². The molecule has 26 heavy (non-hydrogen) atoms. The van der Waals surface area contributed by atoms with Gasteiger partial charge < -0.3 is 25.3 Å². The quantitative estimate of drug-likeness (QED) is 0.759. The van der Waals surface area contributed by atoms with Gasteiger partial charge in [0.05, 0.1) is 27.9 Å². The third-order valence-corrected chi connectivity index (χ3v) is 5.02. The molecule has 2 rings (SSSR count). The first-order valence-electron chi connectivity index (χ1n) is 8.84. The van der Waals surface area contributed by atoms with Crippen molar-refractivity contribution < 1.29 is 19.0 Å². The second-order valence-corrected chi connectivity index (χ2v) is 7.39. The molecule has 0 bridgehead atoms. The maximum atomic E-state index is 12.4. The lowest BCUT2D eigenvalue weighted by molar-refractivity contribution is -0.123. The molecule has 1 saturated heterocycles. The number of methoxy groups -OCH3 is 3. The van der Waals surface area contributed by atoms with Crippen LogP contribution >= 0.6 is 0 Å². The van der Waals surface area contributed by atoms with Crippen molar-refractivity contribution in [3.05, 3.63) is 17.7 Å². The third kappa shape index (κ3) is 4.80.